The first-order chi connectivity index (χ1) is 11.4. The summed E-state index contributed by atoms with van der Waals surface area (Å²) in [6, 6.07) is -1.56. The molecule has 2 rings (SSSR count). The molecule has 1 atom stereocenters. The molecule has 0 aromatic heterocycles. The van der Waals surface area contributed by atoms with Gasteiger partial charge in [0.2, 0.25) is 0 Å². The molecule has 0 aliphatic carbocycles. The Hall–Kier alpha value is -1.05. The number of rotatable bonds is 4. The first-order valence-electron chi connectivity index (χ1n) is 6.99. The third-order valence-corrected chi connectivity index (χ3v) is 5.21. The highest BCUT2D eigenvalue weighted by Crippen LogP contribution is 2.45. The molecule has 1 N–H and O–H groups in total. The van der Waals surface area contributed by atoms with Crippen molar-refractivity contribution in [3.05, 3.63) is 31.2 Å². The van der Waals surface area contributed by atoms with Gasteiger partial charge in [-0.3, -0.25) is 14.5 Å². The van der Waals surface area contributed by atoms with E-state index >= 15 is 0 Å². The number of carboxylic acid groups (broad SMARTS) is 1. The van der Waals surface area contributed by atoms with E-state index in [1.54, 1.807) is 20.8 Å². The van der Waals surface area contributed by atoms with Gasteiger partial charge >= 0.3 is 5.97 Å². The van der Waals surface area contributed by atoms with Crippen LogP contribution in [0.3, 0.4) is 0 Å². The van der Waals surface area contributed by atoms with E-state index in [0.29, 0.717) is 4.90 Å². The third-order valence-electron chi connectivity index (χ3n) is 3.40. The summed E-state index contributed by atoms with van der Waals surface area (Å²) < 4.78 is 5.42. The van der Waals surface area contributed by atoms with Crippen LogP contribution in [-0.4, -0.2) is 46.0 Å². The van der Waals surface area contributed by atoms with Gasteiger partial charge in [0.05, 0.1) is 43.4 Å². The van der Waals surface area contributed by atoms with Crippen LogP contribution in [0.5, 0.6) is 0 Å². The SMILES string of the molecule is CC(C)(C)OC[C@H](C(=O)O)N1C(=O)c2c(Cl)c(Cl)c(Cl)c(Cl)c2C1=O. The summed E-state index contributed by atoms with van der Waals surface area (Å²) in [6.45, 7) is 4.73. The van der Waals surface area contributed by atoms with Gasteiger partial charge in [0.1, 0.15) is 0 Å². The summed E-state index contributed by atoms with van der Waals surface area (Å²) in [5.41, 5.74) is -1.21. The third kappa shape index (κ3) is 3.59. The molecule has 0 saturated carbocycles. The molecule has 0 saturated heterocycles. The smallest absolute Gasteiger partial charge is 0.329 e. The van der Waals surface area contributed by atoms with Crippen molar-refractivity contribution in [2.24, 2.45) is 0 Å². The van der Waals surface area contributed by atoms with Gasteiger partial charge in [0.25, 0.3) is 11.8 Å². The molecule has 0 fully saturated rings. The van der Waals surface area contributed by atoms with Gasteiger partial charge in [-0.1, -0.05) is 46.4 Å². The Morgan fingerprint density at radius 2 is 1.40 bits per heavy atom. The van der Waals surface area contributed by atoms with Crippen LogP contribution >= 0.6 is 46.4 Å². The number of carboxylic acids is 1. The fourth-order valence-electron chi connectivity index (χ4n) is 2.23. The molecule has 1 aromatic carbocycles. The second-order valence-corrected chi connectivity index (χ2v) is 7.78. The molecule has 0 radical (unpaired) electrons. The number of hydrogen-bond donors (Lipinski definition) is 1. The lowest BCUT2D eigenvalue weighted by Crippen LogP contribution is -2.48. The first-order valence-corrected chi connectivity index (χ1v) is 8.50. The van der Waals surface area contributed by atoms with Crippen molar-refractivity contribution < 1.29 is 24.2 Å². The summed E-state index contributed by atoms with van der Waals surface area (Å²) in [4.78, 5) is 37.5. The van der Waals surface area contributed by atoms with Gasteiger partial charge in [-0.15, -0.1) is 0 Å². The summed E-state index contributed by atoms with van der Waals surface area (Å²) in [6.07, 6.45) is 0. The minimum atomic E-state index is -1.56. The van der Waals surface area contributed by atoms with Crippen LogP contribution in [0, 0.1) is 0 Å². The Bertz CT molecular complexity index is 740. The Morgan fingerprint density at radius 3 is 1.72 bits per heavy atom. The molecule has 1 aromatic rings. The first kappa shape index (κ1) is 20.3. The number of halogens is 4. The van der Waals surface area contributed by atoms with Crippen LogP contribution in [-0.2, 0) is 9.53 Å². The molecule has 136 valence electrons. The molecule has 0 spiro atoms. The topological polar surface area (TPSA) is 83.9 Å². The van der Waals surface area contributed by atoms with Gasteiger partial charge < -0.3 is 9.84 Å². The van der Waals surface area contributed by atoms with E-state index < -0.39 is 36.0 Å². The minimum absolute atomic E-state index is 0.187. The van der Waals surface area contributed by atoms with Crippen molar-refractivity contribution in [3.8, 4) is 0 Å². The van der Waals surface area contributed by atoms with Crippen molar-refractivity contribution in [3.63, 3.8) is 0 Å². The van der Waals surface area contributed by atoms with Crippen molar-refractivity contribution in [1.29, 1.82) is 0 Å². The second kappa shape index (κ2) is 6.93. The molecule has 1 aliphatic heterocycles. The quantitative estimate of drug-likeness (QED) is 0.442. The summed E-state index contributed by atoms with van der Waals surface area (Å²) >= 11 is 23.9. The molecular weight excluding hydrogens is 416 g/mol. The van der Waals surface area contributed by atoms with Gasteiger partial charge in [-0.05, 0) is 20.8 Å². The maximum Gasteiger partial charge on any atom is 0.329 e. The lowest BCUT2D eigenvalue weighted by atomic mass is 10.1. The number of carbonyl (C=O) groups excluding carboxylic acids is 2. The fraction of sp³-hybridized carbons (Fsp3) is 0.400. The van der Waals surface area contributed by atoms with E-state index in [2.05, 4.69) is 0 Å². The highest BCUT2D eigenvalue weighted by Gasteiger charge is 2.47. The molecule has 6 nitrogen and oxygen atoms in total. The second-order valence-electron chi connectivity index (χ2n) is 6.26. The van der Waals surface area contributed by atoms with E-state index in [1.807, 2.05) is 0 Å². The van der Waals surface area contributed by atoms with Gasteiger partial charge in [0.15, 0.2) is 6.04 Å². The molecule has 1 aliphatic rings. The Morgan fingerprint density at radius 1 is 1.00 bits per heavy atom. The zero-order chi connectivity index (χ0) is 19.3. The largest absolute Gasteiger partial charge is 0.480 e. The summed E-state index contributed by atoms with van der Waals surface area (Å²) in [5.74, 6) is -3.26. The van der Waals surface area contributed by atoms with Crippen molar-refractivity contribution in [2.45, 2.75) is 32.4 Å². The fourth-order valence-corrected chi connectivity index (χ4v) is 3.25. The van der Waals surface area contributed by atoms with Crippen LogP contribution in [0.2, 0.25) is 20.1 Å². The van der Waals surface area contributed by atoms with Crippen LogP contribution in [0.15, 0.2) is 0 Å². The minimum Gasteiger partial charge on any atom is -0.480 e. The van der Waals surface area contributed by atoms with Gasteiger partial charge in [0, 0.05) is 0 Å². The lowest BCUT2D eigenvalue weighted by molar-refractivity contribution is -0.145. The number of benzene rings is 1. The highest BCUT2D eigenvalue weighted by atomic mass is 35.5. The average molecular weight is 429 g/mol. The molecule has 1 heterocycles. The molecule has 0 bridgehead atoms. The number of aliphatic carboxylic acids is 1. The molecule has 0 unspecified atom stereocenters. The summed E-state index contributed by atoms with van der Waals surface area (Å²) in [5, 5.41) is 8.56. The zero-order valence-electron chi connectivity index (χ0n) is 13.3. The molecule has 10 heteroatoms. The van der Waals surface area contributed by atoms with E-state index in [0.717, 1.165) is 0 Å². The van der Waals surface area contributed by atoms with Crippen LogP contribution in [0.1, 0.15) is 41.5 Å². The van der Waals surface area contributed by atoms with Crippen molar-refractivity contribution >= 4 is 64.2 Å². The van der Waals surface area contributed by atoms with E-state index in [-0.39, 0.29) is 31.2 Å². The Kier molecular flexibility index (Phi) is 5.62. The molecule has 25 heavy (non-hydrogen) atoms. The van der Waals surface area contributed by atoms with Crippen LogP contribution in [0.25, 0.3) is 0 Å². The Labute approximate surface area is 163 Å². The number of nitrogens with zero attached hydrogens (tertiary/aromatic N) is 1. The average Bonchev–Trinajstić information content (AvgIpc) is 2.74. The Balaban J connectivity index is 2.53. The van der Waals surface area contributed by atoms with Crippen molar-refractivity contribution in [2.75, 3.05) is 6.61 Å². The van der Waals surface area contributed by atoms with Gasteiger partial charge in [-0.25, -0.2) is 4.79 Å². The number of hydrogen-bond acceptors (Lipinski definition) is 4. The summed E-state index contributed by atoms with van der Waals surface area (Å²) in [7, 11) is 0. The van der Waals surface area contributed by atoms with Crippen LogP contribution in [0.4, 0.5) is 0 Å². The van der Waals surface area contributed by atoms with E-state index in [4.69, 9.17) is 51.1 Å². The predicted molar refractivity (Wildman–Crippen MR) is 94.1 cm³/mol. The standard InChI is InChI=1S/C15H13Cl4NO5/c1-15(2,3)25-4-5(14(23)24)20-12(21)6-7(13(20)22)9(17)11(19)10(18)8(6)16/h5H,4H2,1-3H3,(H,23,24)/t5-/m1/s1. The number of imide groups is 1. The van der Waals surface area contributed by atoms with E-state index in [9.17, 15) is 19.5 Å². The van der Waals surface area contributed by atoms with Gasteiger partial charge in [-0.2, -0.15) is 0 Å². The lowest BCUT2D eigenvalue weighted by Gasteiger charge is -2.27. The predicted octanol–water partition coefficient (Wildman–Crippen LogP) is 4.16. The van der Waals surface area contributed by atoms with E-state index in [1.165, 1.54) is 0 Å². The van der Waals surface area contributed by atoms with Crippen LogP contribution < -0.4 is 0 Å². The molecule has 2 amide bonds. The normalized spacial score (nSPS) is 15.6. The number of amides is 2. The number of fused-ring (bicyclic) bond motifs is 1. The maximum absolute atomic E-state index is 12.7. The maximum atomic E-state index is 12.7. The number of ether oxygens (including phenoxy) is 1. The monoisotopic (exact) mass is 427 g/mol. The highest BCUT2D eigenvalue weighted by molar-refractivity contribution is 6.55. The molecular formula is C15H13Cl4NO5. The van der Waals surface area contributed by atoms with Crippen molar-refractivity contribution in [1.82, 2.24) is 4.90 Å². The number of carbonyl (C=O) groups is 3. The zero-order valence-corrected chi connectivity index (χ0v) is 16.3.